The van der Waals surface area contributed by atoms with Crippen LogP contribution >= 0.6 is 11.6 Å². The number of hydrogen-bond acceptors (Lipinski definition) is 4. The van der Waals surface area contributed by atoms with Gasteiger partial charge >= 0.3 is 5.97 Å². The van der Waals surface area contributed by atoms with Gasteiger partial charge in [0.15, 0.2) is 0 Å². The molecule has 1 fully saturated rings. The molecule has 0 bridgehead atoms. The minimum absolute atomic E-state index is 0.0350. The summed E-state index contributed by atoms with van der Waals surface area (Å²) in [7, 11) is 0. The predicted molar refractivity (Wildman–Crippen MR) is 63.4 cm³/mol. The van der Waals surface area contributed by atoms with E-state index < -0.39 is 5.97 Å². The molecule has 1 amide bonds. The molecular formula is C11H12ClN3O3. The first kappa shape index (κ1) is 12.8. The van der Waals surface area contributed by atoms with E-state index in [1.54, 1.807) is 4.90 Å². The maximum atomic E-state index is 12.1. The minimum Gasteiger partial charge on any atom is -0.481 e. The van der Waals surface area contributed by atoms with Gasteiger partial charge < -0.3 is 10.0 Å². The van der Waals surface area contributed by atoms with Gasteiger partial charge in [-0.3, -0.25) is 9.59 Å². The van der Waals surface area contributed by atoms with Crippen molar-refractivity contribution < 1.29 is 14.7 Å². The molecule has 2 rings (SSSR count). The Kier molecular flexibility index (Phi) is 3.76. The Morgan fingerprint density at radius 2 is 2.22 bits per heavy atom. The third-order valence-corrected chi connectivity index (χ3v) is 3.08. The smallest absolute Gasteiger partial charge is 0.305 e. The first-order valence-electron chi connectivity index (χ1n) is 5.58. The standard InChI is InChI=1S/C11H12ClN3O3/c12-9-6-13-8(5-14-9)11(18)15-3-1-2-7(15)4-10(16)17/h5-7H,1-4H2,(H,16,17). The van der Waals surface area contributed by atoms with Crippen LogP contribution in [0.4, 0.5) is 0 Å². The van der Waals surface area contributed by atoms with Crippen LogP contribution < -0.4 is 0 Å². The molecule has 6 nitrogen and oxygen atoms in total. The summed E-state index contributed by atoms with van der Waals surface area (Å²) in [5, 5.41) is 9.01. The number of carbonyl (C=O) groups excluding carboxylic acids is 1. The van der Waals surface area contributed by atoms with Crippen LogP contribution in [0.1, 0.15) is 29.8 Å². The summed E-state index contributed by atoms with van der Waals surface area (Å²) in [6.45, 7) is 0.557. The average molecular weight is 270 g/mol. The number of carbonyl (C=O) groups is 2. The van der Waals surface area contributed by atoms with Crippen LogP contribution in [0.3, 0.4) is 0 Å². The molecule has 1 aromatic rings. The number of nitrogens with zero attached hydrogens (tertiary/aromatic N) is 3. The normalized spacial score (nSPS) is 18.9. The van der Waals surface area contributed by atoms with Gasteiger partial charge in [0.2, 0.25) is 0 Å². The number of carboxylic acid groups (broad SMARTS) is 1. The lowest BCUT2D eigenvalue weighted by Gasteiger charge is -2.22. The fourth-order valence-corrected chi connectivity index (χ4v) is 2.18. The van der Waals surface area contributed by atoms with E-state index in [0.717, 1.165) is 6.42 Å². The highest BCUT2D eigenvalue weighted by atomic mass is 35.5. The molecule has 1 N–H and O–H groups in total. The molecule has 0 saturated carbocycles. The summed E-state index contributed by atoms with van der Waals surface area (Å²) < 4.78 is 0. The zero-order valence-corrected chi connectivity index (χ0v) is 10.3. The van der Waals surface area contributed by atoms with Crippen molar-refractivity contribution in [3.63, 3.8) is 0 Å². The highest BCUT2D eigenvalue weighted by Crippen LogP contribution is 2.22. The van der Waals surface area contributed by atoms with E-state index in [1.807, 2.05) is 0 Å². The van der Waals surface area contributed by atoms with Gasteiger partial charge in [-0.15, -0.1) is 0 Å². The average Bonchev–Trinajstić information content (AvgIpc) is 2.76. The van der Waals surface area contributed by atoms with Crippen molar-refractivity contribution in [1.29, 1.82) is 0 Å². The molecule has 0 radical (unpaired) electrons. The van der Waals surface area contributed by atoms with Crippen molar-refractivity contribution >= 4 is 23.5 Å². The topological polar surface area (TPSA) is 83.4 Å². The molecule has 1 atom stereocenters. The SMILES string of the molecule is O=C(O)CC1CCCN1C(=O)c1cnc(Cl)cn1. The van der Waals surface area contributed by atoms with E-state index in [0.29, 0.717) is 13.0 Å². The van der Waals surface area contributed by atoms with E-state index in [2.05, 4.69) is 9.97 Å². The third kappa shape index (κ3) is 2.76. The van der Waals surface area contributed by atoms with Crippen molar-refractivity contribution in [3.8, 4) is 0 Å². The van der Waals surface area contributed by atoms with Gasteiger partial charge in [-0.1, -0.05) is 11.6 Å². The van der Waals surface area contributed by atoms with Gasteiger partial charge in [0, 0.05) is 12.6 Å². The summed E-state index contributed by atoms with van der Waals surface area (Å²) >= 11 is 5.60. The van der Waals surface area contributed by atoms with Gasteiger partial charge in [0.25, 0.3) is 5.91 Å². The van der Waals surface area contributed by atoms with E-state index in [9.17, 15) is 9.59 Å². The first-order valence-corrected chi connectivity index (χ1v) is 5.96. The van der Waals surface area contributed by atoms with Crippen LogP contribution in [-0.2, 0) is 4.79 Å². The zero-order chi connectivity index (χ0) is 13.1. The Labute approximate surface area is 109 Å². The number of hydrogen-bond donors (Lipinski definition) is 1. The molecule has 1 saturated heterocycles. The second-order valence-electron chi connectivity index (χ2n) is 4.12. The summed E-state index contributed by atoms with van der Waals surface area (Å²) in [5.41, 5.74) is 0.191. The van der Waals surface area contributed by atoms with Crippen LogP contribution in [-0.4, -0.2) is 44.4 Å². The Morgan fingerprint density at radius 3 is 2.83 bits per heavy atom. The molecule has 0 aliphatic carbocycles. The number of aromatic nitrogens is 2. The van der Waals surface area contributed by atoms with Gasteiger partial charge in [0.1, 0.15) is 10.8 Å². The van der Waals surface area contributed by atoms with E-state index in [1.165, 1.54) is 12.4 Å². The van der Waals surface area contributed by atoms with Crippen molar-refractivity contribution in [2.24, 2.45) is 0 Å². The van der Waals surface area contributed by atoms with Crippen molar-refractivity contribution in [2.75, 3.05) is 6.54 Å². The maximum absolute atomic E-state index is 12.1. The summed E-state index contributed by atoms with van der Waals surface area (Å²) in [5.74, 6) is -1.19. The molecule has 96 valence electrons. The zero-order valence-electron chi connectivity index (χ0n) is 9.54. The van der Waals surface area contributed by atoms with Gasteiger partial charge in [0.05, 0.1) is 18.8 Å². The van der Waals surface area contributed by atoms with Crippen LogP contribution in [0.2, 0.25) is 5.15 Å². The second-order valence-corrected chi connectivity index (χ2v) is 4.50. The fraction of sp³-hybridized carbons (Fsp3) is 0.455. The minimum atomic E-state index is -0.901. The number of carboxylic acids is 1. The fourth-order valence-electron chi connectivity index (χ4n) is 2.09. The molecule has 0 spiro atoms. The van der Waals surface area contributed by atoms with Crippen molar-refractivity contribution in [2.45, 2.75) is 25.3 Å². The molecule has 18 heavy (non-hydrogen) atoms. The van der Waals surface area contributed by atoms with Gasteiger partial charge in [-0.05, 0) is 12.8 Å². The molecule has 1 aliphatic rings. The number of rotatable bonds is 3. The highest BCUT2D eigenvalue weighted by molar-refractivity contribution is 6.29. The quantitative estimate of drug-likeness (QED) is 0.892. The monoisotopic (exact) mass is 269 g/mol. The van der Waals surface area contributed by atoms with Crippen molar-refractivity contribution in [1.82, 2.24) is 14.9 Å². The molecule has 7 heteroatoms. The lowest BCUT2D eigenvalue weighted by atomic mass is 10.1. The van der Waals surface area contributed by atoms with Crippen LogP contribution in [0.25, 0.3) is 0 Å². The molecule has 0 aromatic carbocycles. The Morgan fingerprint density at radius 1 is 1.44 bits per heavy atom. The summed E-state index contributed by atoms with van der Waals surface area (Å²) in [6.07, 6.45) is 4.09. The Bertz CT molecular complexity index is 463. The lowest BCUT2D eigenvalue weighted by Crippen LogP contribution is -2.37. The summed E-state index contributed by atoms with van der Waals surface area (Å²) in [4.78, 5) is 32.1. The van der Waals surface area contributed by atoms with Crippen molar-refractivity contribution in [3.05, 3.63) is 23.2 Å². The Hall–Kier alpha value is -1.69. The van der Waals surface area contributed by atoms with E-state index >= 15 is 0 Å². The van der Waals surface area contributed by atoms with Crippen LogP contribution in [0, 0.1) is 0 Å². The third-order valence-electron chi connectivity index (χ3n) is 2.89. The van der Waals surface area contributed by atoms with Gasteiger partial charge in [-0.2, -0.15) is 0 Å². The second kappa shape index (κ2) is 5.30. The summed E-state index contributed by atoms with van der Waals surface area (Å²) in [6, 6.07) is -0.257. The van der Waals surface area contributed by atoms with E-state index in [-0.39, 0.29) is 29.2 Å². The first-order chi connectivity index (χ1) is 8.58. The largest absolute Gasteiger partial charge is 0.481 e. The van der Waals surface area contributed by atoms with Crippen LogP contribution in [0.15, 0.2) is 12.4 Å². The number of likely N-dealkylation sites (tertiary alicyclic amines) is 1. The molecule has 1 unspecified atom stereocenters. The maximum Gasteiger partial charge on any atom is 0.305 e. The number of halogens is 1. The van der Waals surface area contributed by atoms with Gasteiger partial charge in [-0.25, -0.2) is 9.97 Å². The number of aliphatic carboxylic acids is 1. The molecular weight excluding hydrogens is 258 g/mol. The molecule has 1 aromatic heterocycles. The molecule has 2 heterocycles. The molecule has 1 aliphatic heterocycles. The highest BCUT2D eigenvalue weighted by Gasteiger charge is 2.31. The lowest BCUT2D eigenvalue weighted by molar-refractivity contribution is -0.137. The van der Waals surface area contributed by atoms with E-state index in [4.69, 9.17) is 16.7 Å². The Balaban J connectivity index is 2.12. The number of amides is 1. The van der Waals surface area contributed by atoms with Crippen LogP contribution in [0.5, 0.6) is 0 Å². The predicted octanol–water partition coefficient (Wildman–Crippen LogP) is 1.21.